The molecule has 3 N–H and O–H groups in total. The summed E-state index contributed by atoms with van der Waals surface area (Å²) in [6.45, 7) is 4.66. The number of nitrogens with zero attached hydrogens (tertiary/aromatic N) is 2. The largest absolute Gasteiger partial charge is 0.399 e. The highest BCUT2D eigenvalue weighted by atomic mass is 32.1. The van der Waals surface area contributed by atoms with Crippen LogP contribution in [-0.2, 0) is 4.79 Å². The maximum atomic E-state index is 12.1. The van der Waals surface area contributed by atoms with Crippen LogP contribution >= 0.6 is 11.3 Å². The first-order valence-corrected chi connectivity index (χ1v) is 7.97. The molecule has 2 rings (SSSR count). The highest BCUT2D eigenvalue weighted by molar-refractivity contribution is 7.22. The number of anilines is 2. The van der Waals surface area contributed by atoms with Gasteiger partial charge < -0.3 is 11.1 Å². The van der Waals surface area contributed by atoms with Crippen molar-refractivity contribution in [2.45, 2.75) is 32.7 Å². The second kappa shape index (κ2) is 6.87. The highest BCUT2D eigenvalue weighted by Gasteiger charge is 2.14. The lowest BCUT2D eigenvalue weighted by Gasteiger charge is -2.23. The minimum atomic E-state index is -0.0347. The Morgan fingerprint density at radius 2 is 2.29 bits per heavy atom. The molecule has 1 aromatic heterocycles. The Bertz CT molecular complexity index is 625. The molecular weight excluding hydrogens is 284 g/mol. The van der Waals surface area contributed by atoms with Crippen LogP contribution in [0.3, 0.4) is 0 Å². The molecule has 0 fully saturated rings. The molecule has 0 bridgehead atoms. The number of carbonyl (C=O) groups is 1. The predicted octanol–water partition coefficient (Wildman–Crippen LogP) is 2.94. The van der Waals surface area contributed by atoms with Crippen molar-refractivity contribution >= 4 is 38.3 Å². The number of carbonyl (C=O) groups excluding carboxylic acids is 1. The second-order valence-electron chi connectivity index (χ2n) is 5.35. The molecule has 0 saturated heterocycles. The summed E-state index contributed by atoms with van der Waals surface area (Å²) in [4.78, 5) is 18.5. The fraction of sp³-hybridized carbons (Fsp3) is 0.467. The van der Waals surface area contributed by atoms with Crippen LogP contribution in [0.2, 0.25) is 0 Å². The molecule has 0 aliphatic carbocycles. The van der Waals surface area contributed by atoms with Crippen molar-refractivity contribution in [3.05, 3.63) is 18.2 Å². The minimum Gasteiger partial charge on any atom is -0.399 e. The van der Waals surface area contributed by atoms with E-state index in [2.05, 4.69) is 29.0 Å². The number of hydrogen-bond donors (Lipinski definition) is 2. The van der Waals surface area contributed by atoms with E-state index in [0.717, 1.165) is 23.1 Å². The lowest BCUT2D eigenvalue weighted by molar-refractivity contribution is -0.117. The van der Waals surface area contributed by atoms with E-state index in [9.17, 15) is 4.79 Å². The van der Waals surface area contributed by atoms with E-state index in [1.165, 1.54) is 11.3 Å². The zero-order valence-corrected chi connectivity index (χ0v) is 13.5. The van der Waals surface area contributed by atoms with Crippen LogP contribution in [0.4, 0.5) is 10.8 Å². The first-order valence-electron chi connectivity index (χ1n) is 7.15. The zero-order valence-electron chi connectivity index (χ0n) is 12.7. The molecule has 1 heterocycles. The molecule has 0 aliphatic rings. The highest BCUT2D eigenvalue weighted by Crippen LogP contribution is 2.27. The van der Waals surface area contributed by atoms with Gasteiger partial charge in [0.1, 0.15) is 0 Å². The third-order valence-electron chi connectivity index (χ3n) is 3.51. The average molecular weight is 306 g/mol. The number of hydrogen-bond acceptors (Lipinski definition) is 5. The van der Waals surface area contributed by atoms with Crippen LogP contribution in [0, 0.1) is 0 Å². The van der Waals surface area contributed by atoms with E-state index >= 15 is 0 Å². The number of nitrogens with two attached hydrogens (primary N) is 1. The predicted molar refractivity (Wildman–Crippen MR) is 89.7 cm³/mol. The summed E-state index contributed by atoms with van der Waals surface area (Å²) in [5.41, 5.74) is 7.31. The minimum absolute atomic E-state index is 0.0347. The van der Waals surface area contributed by atoms with Crippen molar-refractivity contribution in [2.24, 2.45) is 0 Å². The third kappa shape index (κ3) is 4.15. The molecule has 0 spiro atoms. The Morgan fingerprint density at radius 3 is 3.00 bits per heavy atom. The molecule has 2 aromatic rings. The summed E-state index contributed by atoms with van der Waals surface area (Å²) in [5, 5.41) is 3.49. The van der Waals surface area contributed by atoms with Gasteiger partial charge in [0.15, 0.2) is 5.13 Å². The molecule has 1 atom stereocenters. The Kier molecular flexibility index (Phi) is 5.14. The van der Waals surface area contributed by atoms with Crippen molar-refractivity contribution < 1.29 is 4.79 Å². The number of nitrogen functional groups attached to an aromatic ring is 1. The topological polar surface area (TPSA) is 71.2 Å². The maximum Gasteiger partial charge on any atom is 0.240 e. The Labute approximate surface area is 129 Å². The van der Waals surface area contributed by atoms with Crippen molar-refractivity contribution in [2.75, 3.05) is 24.6 Å². The zero-order chi connectivity index (χ0) is 15.4. The van der Waals surface area contributed by atoms with Crippen LogP contribution in [0.25, 0.3) is 10.2 Å². The van der Waals surface area contributed by atoms with E-state index in [4.69, 9.17) is 5.73 Å². The van der Waals surface area contributed by atoms with Gasteiger partial charge in [0.05, 0.1) is 16.8 Å². The summed E-state index contributed by atoms with van der Waals surface area (Å²) in [6, 6.07) is 5.95. The van der Waals surface area contributed by atoms with Crippen LogP contribution in [0.15, 0.2) is 18.2 Å². The summed E-state index contributed by atoms with van der Waals surface area (Å²) >= 11 is 1.44. The SMILES string of the molecule is CCCC(C)N(C)CC(=O)Nc1nc2ccc(N)cc2s1. The van der Waals surface area contributed by atoms with Crippen molar-refractivity contribution in [3.63, 3.8) is 0 Å². The van der Waals surface area contributed by atoms with E-state index < -0.39 is 0 Å². The van der Waals surface area contributed by atoms with Crippen molar-refractivity contribution in [1.29, 1.82) is 0 Å². The monoisotopic (exact) mass is 306 g/mol. The Balaban J connectivity index is 1.98. The van der Waals surface area contributed by atoms with Gasteiger partial charge in [-0.1, -0.05) is 24.7 Å². The molecule has 1 amide bonds. The van der Waals surface area contributed by atoms with Crippen molar-refractivity contribution in [1.82, 2.24) is 9.88 Å². The third-order valence-corrected chi connectivity index (χ3v) is 4.44. The molecule has 5 nitrogen and oxygen atoms in total. The Morgan fingerprint density at radius 1 is 1.52 bits per heavy atom. The maximum absolute atomic E-state index is 12.1. The van der Waals surface area contributed by atoms with Crippen LogP contribution in [-0.4, -0.2) is 35.4 Å². The molecule has 6 heteroatoms. The smallest absolute Gasteiger partial charge is 0.240 e. The quantitative estimate of drug-likeness (QED) is 0.805. The summed E-state index contributed by atoms with van der Waals surface area (Å²) < 4.78 is 0.984. The molecule has 0 aliphatic heterocycles. The fourth-order valence-corrected chi connectivity index (χ4v) is 3.10. The van der Waals surface area contributed by atoms with Gasteiger partial charge >= 0.3 is 0 Å². The summed E-state index contributed by atoms with van der Waals surface area (Å²) in [6.07, 6.45) is 2.20. The van der Waals surface area contributed by atoms with E-state index in [1.807, 2.05) is 25.2 Å². The van der Waals surface area contributed by atoms with Gasteiger partial charge in [-0.05, 0) is 38.6 Å². The Hall–Kier alpha value is -1.66. The van der Waals surface area contributed by atoms with Gasteiger partial charge in [-0.15, -0.1) is 0 Å². The van der Waals surface area contributed by atoms with E-state index in [-0.39, 0.29) is 5.91 Å². The number of nitrogens with one attached hydrogen (secondary N) is 1. The van der Waals surface area contributed by atoms with Gasteiger partial charge in [0.25, 0.3) is 0 Å². The fourth-order valence-electron chi connectivity index (χ4n) is 2.17. The average Bonchev–Trinajstić information content (AvgIpc) is 2.79. The standard InChI is InChI=1S/C15H22N4OS/c1-4-5-10(2)19(3)9-14(20)18-15-17-12-7-6-11(16)8-13(12)21-15/h6-8,10H,4-5,9,16H2,1-3H3,(H,17,18,20). The normalized spacial score (nSPS) is 12.8. The van der Waals surface area contributed by atoms with Crippen molar-refractivity contribution in [3.8, 4) is 0 Å². The summed E-state index contributed by atoms with van der Waals surface area (Å²) in [7, 11) is 1.97. The van der Waals surface area contributed by atoms with Gasteiger partial charge in [0.2, 0.25) is 5.91 Å². The van der Waals surface area contributed by atoms with Crippen LogP contribution in [0.5, 0.6) is 0 Å². The molecule has 114 valence electrons. The van der Waals surface area contributed by atoms with Crippen LogP contribution < -0.4 is 11.1 Å². The first-order chi connectivity index (χ1) is 9.99. The van der Waals surface area contributed by atoms with Gasteiger partial charge in [-0.25, -0.2) is 4.98 Å². The number of fused-ring (bicyclic) bond motifs is 1. The number of rotatable bonds is 6. The molecule has 0 radical (unpaired) electrons. The molecule has 1 unspecified atom stereocenters. The second-order valence-corrected chi connectivity index (χ2v) is 6.38. The van der Waals surface area contributed by atoms with Gasteiger partial charge in [-0.3, -0.25) is 9.69 Å². The lowest BCUT2D eigenvalue weighted by atomic mass is 10.2. The molecule has 21 heavy (non-hydrogen) atoms. The van der Waals surface area contributed by atoms with E-state index in [0.29, 0.717) is 23.4 Å². The first kappa shape index (κ1) is 15.7. The molecule has 1 aromatic carbocycles. The lowest BCUT2D eigenvalue weighted by Crippen LogP contribution is -2.36. The van der Waals surface area contributed by atoms with Gasteiger partial charge in [-0.2, -0.15) is 0 Å². The number of aromatic nitrogens is 1. The number of likely N-dealkylation sites (N-methyl/N-ethyl adjacent to an activating group) is 1. The molecule has 0 saturated carbocycles. The van der Waals surface area contributed by atoms with E-state index in [1.54, 1.807) is 0 Å². The number of thiazole rings is 1. The molecular formula is C15H22N4OS. The van der Waals surface area contributed by atoms with Crippen LogP contribution in [0.1, 0.15) is 26.7 Å². The number of benzene rings is 1. The van der Waals surface area contributed by atoms with Gasteiger partial charge in [0, 0.05) is 11.7 Å². The summed E-state index contributed by atoms with van der Waals surface area (Å²) in [5.74, 6) is -0.0347. The number of amides is 1.